The van der Waals surface area contributed by atoms with Crippen molar-refractivity contribution >= 4 is 10.1 Å². The summed E-state index contributed by atoms with van der Waals surface area (Å²) in [5.41, 5.74) is 0.338. The molecule has 0 spiro atoms. The van der Waals surface area contributed by atoms with Gasteiger partial charge in [0.1, 0.15) is 10.6 Å². The number of phenols is 1. The Morgan fingerprint density at radius 3 is 1.76 bits per heavy atom. The van der Waals surface area contributed by atoms with Gasteiger partial charge in [-0.1, -0.05) is 75.7 Å². The van der Waals surface area contributed by atoms with E-state index in [9.17, 15) is 18.1 Å². The molecule has 1 rings (SSSR count). The summed E-state index contributed by atoms with van der Waals surface area (Å²) >= 11 is 0. The van der Waals surface area contributed by atoms with Crippen molar-refractivity contribution < 1.29 is 27.6 Å². The number of benzene rings is 1. The highest BCUT2D eigenvalue weighted by molar-refractivity contribution is 7.86. The number of hydrogen-bond acceptors (Lipinski definition) is 5. The van der Waals surface area contributed by atoms with Gasteiger partial charge in [0, 0.05) is 17.0 Å². The lowest BCUT2D eigenvalue weighted by Gasteiger charge is -2.49. The molecule has 0 aliphatic heterocycles. The van der Waals surface area contributed by atoms with Crippen molar-refractivity contribution in [2.45, 2.75) is 106 Å². The Morgan fingerprint density at radius 2 is 1.41 bits per heavy atom. The molecule has 0 heterocycles. The minimum absolute atomic E-state index is 0.0171. The Morgan fingerprint density at radius 1 is 0.912 bits per heavy atom. The summed E-state index contributed by atoms with van der Waals surface area (Å²) in [6.45, 7) is 21.7. The molecule has 0 fully saturated rings. The molecule has 1 atom stereocenters. The minimum atomic E-state index is -4.68. The fraction of sp³-hybridized carbons (Fsp3) is 0.778. The lowest BCUT2D eigenvalue weighted by Crippen LogP contribution is -2.38. The first-order valence-corrected chi connectivity index (χ1v) is 13.7. The van der Waals surface area contributed by atoms with Crippen molar-refractivity contribution in [1.29, 1.82) is 0 Å². The molecule has 198 valence electrons. The first-order chi connectivity index (χ1) is 15.2. The zero-order valence-corrected chi connectivity index (χ0v) is 24.2. The highest BCUT2D eigenvalue weighted by Crippen LogP contribution is 2.61. The van der Waals surface area contributed by atoms with E-state index < -0.39 is 15.0 Å². The predicted molar refractivity (Wildman–Crippen MR) is 139 cm³/mol. The van der Waals surface area contributed by atoms with Crippen LogP contribution in [0.15, 0.2) is 4.90 Å². The second kappa shape index (κ2) is 10.7. The van der Waals surface area contributed by atoms with Gasteiger partial charge in [-0.05, 0) is 41.4 Å². The highest BCUT2D eigenvalue weighted by Gasteiger charge is 2.48. The SMILES string of the molecule is CCCc1c(OC)c(C(C(C)(C)CC(C)C)C(C)(C)CC(C)(C)C)c(O)c(OC)c1S(=O)(=O)O. The summed E-state index contributed by atoms with van der Waals surface area (Å²) in [5.74, 6) is 0.0209. The summed E-state index contributed by atoms with van der Waals surface area (Å²) in [7, 11) is -1.88. The monoisotopic (exact) mass is 500 g/mol. The average Bonchev–Trinajstić information content (AvgIpc) is 2.59. The summed E-state index contributed by atoms with van der Waals surface area (Å²) < 4.78 is 46.3. The highest BCUT2D eigenvalue weighted by atomic mass is 32.2. The first kappa shape index (κ1) is 30.6. The third-order valence-corrected chi connectivity index (χ3v) is 7.36. The molecule has 0 aliphatic carbocycles. The lowest BCUT2D eigenvalue weighted by molar-refractivity contribution is 0.0750. The van der Waals surface area contributed by atoms with Gasteiger partial charge in [-0.15, -0.1) is 0 Å². The molecule has 0 bridgehead atoms. The van der Waals surface area contributed by atoms with E-state index in [0.717, 1.165) is 12.8 Å². The Bertz CT molecular complexity index is 953. The molecule has 2 N–H and O–H groups in total. The maximum Gasteiger partial charge on any atom is 0.298 e. The van der Waals surface area contributed by atoms with Crippen LogP contribution in [0.3, 0.4) is 0 Å². The average molecular weight is 501 g/mol. The van der Waals surface area contributed by atoms with E-state index in [1.54, 1.807) is 0 Å². The van der Waals surface area contributed by atoms with Crippen LogP contribution in [0.5, 0.6) is 17.2 Å². The molecule has 6 nitrogen and oxygen atoms in total. The van der Waals surface area contributed by atoms with Gasteiger partial charge >= 0.3 is 0 Å². The van der Waals surface area contributed by atoms with Crippen molar-refractivity contribution in [3.63, 3.8) is 0 Å². The number of rotatable bonds is 11. The van der Waals surface area contributed by atoms with Crippen molar-refractivity contribution in [3.8, 4) is 17.2 Å². The molecule has 1 aromatic rings. The van der Waals surface area contributed by atoms with Crippen molar-refractivity contribution in [2.75, 3.05) is 14.2 Å². The molecule has 0 aromatic heterocycles. The molecule has 1 unspecified atom stereocenters. The van der Waals surface area contributed by atoms with Crippen molar-refractivity contribution in [3.05, 3.63) is 11.1 Å². The van der Waals surface area contributed by atoms with E-state index >= 15 is 0 Å². The number of aromatic hydroxyl groups is 1. The molecule has 0 radical (unpaired) electrons. The van der Waals surface area contributed by atoms with Crippen LogP contribution in [-0.4, -0.2) is 32.3 Å². The zero-order chi connectivity index (χ0) is 26.9. The smallest absolute Gasteiger partial charge is 0.298 e. The Hall–Kier alpha value is -1.47. The van der Waals surface area contributed by atoms with E-state index in [4.69, 9.17) is 9.47 Å². The van der Waals surface area contributed by atoms with E-state index in [2.05, 4.69) is 62.3 Å². The Balaban J connectivity index is 4.30. The van der Waals surface area contributed by atoms with Gasteiger partial charge < -0.3 is 14.6 Å². The first-order valence-electron chi connectivity index (χ1n) is 12.2. The topological polar surface area (TPSA) is 93.1 Å². The molecule has 0 amide bonds. The second-order valence-corrected chi connectivity index (χ2v) is 14.0. The maximum atomic E-state index is 12.4. The summed E-state index contributed by atoms with van der Waals surface area (Å²) in [5, 5.41) is 11.6. The van der Waals surface area contributed by atoms with Gasteiger partial charge in [-0.25, -0.2) is 0 Å². The predicted octanol–water partition coefficient (Wildman–Crippen LogP) is 7.23. The Kier molecular flexibility index (Phi) is 9.57. The largest absolute Gasteiger partial charge is 0.504 e. The van der Waals surface area contributed by atoms with Gasteiger partial charge in [0.05, 0.1) is 14.2 Å². The molecule has 0 saturated heterocycles. The van der Waals surface area contributed by atoms with Gasteiger partial charge in [-0.2, -0.15) is 8.42 Å². The molecule has 34 heavy (non-hydrogen) atoms. The molecule has 0 saturated carbocycles. The quantitative estimate of drug-likeness (QED) is 0.311. The van der Waals surface area contributed by atoms with Crippen LogP contribution in [0.1, 0.15) is 106 Å². The molecule has 1 aromatic carbocycles. The maximum absolute atomic E-state index is 12.4. The Labute approximate surface area is 208 Å². The fourth-order valence-electron chi connectivity index (χ4n) is 6.66. The molecule has 0 aliphatic rings. The standard InChI is InChI=1S/C27H48O6S/c1-13-14-18-21(32-11)19(20(28)22(33-12)23(18)34(29,30)31)24(26(7,8)15-17(2)3)27(9,10)16-25(4,5)6/h17,24,28H,13-16H2,1-12H3,(H,29,30,31). The third kappa shape index (κ3) is 6.81. The summed E-state index contributed by atoms with van der Waals surface area (Å²) in [6, 6.07) is 0. The third-order valence-electron chi connectivity index (χ3n) is 6.41. The van der Waals surface area contributed by atoms with Crippen LogP contribution in [0.25, 0.3) is 0 Å². The van der Waals surface area contributed by atoms with Gasteiger partial charge in [0.2, 0.25) is 0 Å². The van der Waals surface area contributed by atoms with E-state index in [1.807, 2.05) is 6.92 Å². The van der Waals surface area contributed by atoms with Crippen LogP contribution in [0.2, 0.25) is 0 Å². The van der Waals surface area contributed by atoms with E-state index in [0.29, 0.717) is 35.6 Å². The van der Waals surface area contributed by atoms with Crippen LogP contribution >= 0.6 is 0 Å². The number of hydrogen-bond donors (Lipinski definition) is 2. The lowest BCUT2D eigenvalue weighted by atomic mass is 9.56. The number of phenolic OH excluding ortho intramolecular Hbond substituents is 1. The minimum Gasteiger partial charge on any atom is -0.504 e. The van der Waals surface area contributed by atoms with Gasteiger partial charge in [0.25, 0.3) is 10.1 Å². The summed E-state index contributed by atoms with van der Waals surface area (Å²) in [4.78, 5) is -0.413. The van der Waals surface area contributed by atoms with E-state index in [1.165, 1.54) is 14.2 Å². The molecular weight excluding hydrogens is 452 g/mol. The van der Waals surface area contributed by atoms with Crippen LogP contribution < -0.4 is 9.47 Å². The van der Waals surface area contributed by atoms with Crippen molar-refractivity contribution in [1.82, 2.24) is 0 Å². The molecular formula is C27H48O6S. The zero-order valence-electron chi connectivity index (χ0n) is 23.4. The molecule has 7 heteroatoms. The van der Waals surface area contributed by atoms with E-state index in [-0.39, 0.29) is 33.7 Å². The second-order valence-electron chi connectivity index (χ2n) is 12.6. The normalized spacial score (nSPS) is 14.4. The van der Waals surface area contributed by atoms with Crippen molar-refractivity contribution in [2.24, 2.45) is 22.2 Å². The number of ether oxygens (including phenoxy) is 2. The van der Waals surface area contributed by atoms with Gasteiger partial charge in [0.15, 0.2) is 11.5 Å². The van der Waals surface area contributed by atoms with Crippen LogP contribution in [0.4, 0.5) is 0 Å². The van der Waals surface area contributed by atoms with Crippen LogP contribution in [0, 0.1) is 22.2 Å². The van der Waals surface area contributed by atoms with Crippen LogP contribution in [-0.2, 0) is 16.5 Å². The fourth-order valence-corrected chi connectivity index (χ4v) is 7.58. The summed E-state index contributed by atoms with van der Waals surface area (Å²) in [6.07, 6.45) is 2.72. The van der Waals surface area contributed by atoms with Gasteiger partial charge in [-0.3, -0.25) is 4.55 Å². The number of methoxy groups -OCH3 is 2.